The van der Waals surface area contributed by atoms with E-state index in [1.54, 1.807) is 30.5 Å². The van der Waals surface area contributed by atoms with Gasteiger partial charge in [-0.15, -0.1) is 0 Å². The molecular formula is C15H18N2O2S. The Hall–Kier alpha value is -1.88. The molecule has 0 saturated heterocycles. The number of rotatable bonds is 6. The fourth-order valence-electron chi connectivity index (χ4n) is 1.86. The van der Waals surface area contributed by atoms with Gasteiger partial charge in [-0.1, -0.05) is 13.0 Å². The van der Waals surface area contributed by atoms with Crippen molar-refractivity contribution in [3.8, 4) is 0 Å². The van der Waals surface area contributed by atoms with Gasteiger partial charge in [-0.3, -0.25) is 4.98 Å². The van der Waals surface area contributed by atoms with Crippen molar-refractivity contribution in [3.05, 3.63) is 54.4 Å². The average molecular weight is 290 g/mol. The summed E-state index contributed by atoms with van der Waals surface area (Å²) in [6, 6.07) is 12.6. The summed E-state index contributed by atoms with van der Waals surface area (Å²) in [6.07, 6.45) is 2.37. The zero-order chi connectivity index (χ0) is 14.4. The Bertz CT molecular complexity index is 637. The van der Waals surface area contributed by atoms with Gasteiger partial charge in [0.2, 0.25) is 0 Å². The Morgan fingerprint density at radius 2 is 1.85 bits per heavy atom. The summed E-state index contributed by atoms with van der Waals surface area (Å²) in [4.78, 5) is 4.59. The molecule has 0 spiro atoms. The molecule has 1 heterocycles. The maximum Gasteiger partial charge on any atom is 0.178 e. The van der Waals surface area contributed by atoms with Crippen LogP contribution in [0.25, 0.3) is 0 Å². The Balaban J connectivity index is 2.02. The first-order valence-electron chi connectivity index (χ1n) is 6.58. The molecule has 0 aliphatic heterocycles. The minimum absolute atomic E-state index is 0.188. The molecule has 4 nitrogen and oxygen atoms in total. The van der Waals surface area contributed by atoms with Gasteiger partial charge in [0.15, 0.2) is 9.84 Å². The van der Waals surface area contributed by atoms with Gasteiger partial charge in [-0.25, -0.2) is 8.42 Å². The highest BCUT2D eigenvalue weighted by Crippen LogP contribution is 2.16. The van der Waals surface area contributed by atoms with Crippen LogP contribution in [0.15, 0.2) is 53.6 Å². The van der Waals surface area contributed by atoms with Crippen molar-refractivity contribution < 1.29 is 8.42 Å². The molecule has 1 aromatic heterocycles. The van der Waals surface area contributed by atoms with Crippen LogP contribution in [0.1, 0.15) is 19.0 Å². The summed E-state index contributed by atoms with van der Waals surface area (Å²) in [7, 11) is -3.13. The summed E-state index contributed by atoms with van der Waals surface area (Å²) in [6.45, 7) is 2.47. The van der Waals surface area contributed by atoms with Gasteiger partial charge >= 0.3 is 0 Å². The van der Waals surface area contributed by atoms with E-state index >= 15 is 0 Å². The predicted octanol–water partition coefficient (Wildman–Crippen LogP) is 2.88. The Kier molecular flexibility index (Phi) is 4.74. The van der Waals surface area contributed by atoms with Crippen LogP contribution >= 0.6 is 0 Å². The van der Waals surface area contributed by atoms with Crippen LogP contribution in [-0.4, -0.2) is 19.2 Å². The molecule has 0 aliphatic carbocycles. The monoisotopic (exact) mass is 290 g/mol. The SMILES string of the molecule is CCCS(=O)(=O)c1ccc(NCc2ccccn2)cc1. The number of aromatic nitrogens is 1. The predicted molar refractivity (Wildman–Crippen MR) is 80.3 cm³/mol. The molecule has 0 bridgehead atoms. The third-order valence-electron chi connectivity index (χ3n) is 2.89. The lowest BCUT2D eigenvalue weighted by molar-refractivity contribution is 0.595. The van der Waals surface area contributed by atoms with Crippen molar-refractivity contribution in [2.75, 3.05) is 11.1 Å². The first-order chi connectivity index (χ1) is 9.62. The topological polar surface area (TPSA) is 59.1 Å². The number of hydrogen-bond acceptors (Lipinski definition) is 4. The van der Waals surface area contributed by atoms with Gasteiger partial charge in [0.05, 0.1) is 22.9 Å². The Labute approximate surface area is 119 Å². The van der Waals surface area contributed by atoms with Crippen LogP contribution in [0.3, 0.4) is 0 Å². The van der Waals surface area contributed by atoms with Crippen molar-refractivity contribution in [1.82, 2.24) is 4.98 Å². The molecule has 20 heavy (non-hydrogen) atoms. The maximum atomic E-state index is 11.9. The molecule has 0 aliphatic rings. The van der Waals surface area contributed by atoms with E-state index in [2.05, 4.69) is 10.3 Å². The largest absolute Gasteiger partial charge is 0.379 e. The van der Waals surface area contributed by atoms with Crippen LogP contribution in [0, 0.1) is 0 Å². The lowest BCUT2D eigenvalue weighted by Crippen LogP contribution is -2.06. The third kappa shape index (κ3) is 3.81. The number of sulfone groups is 1. The Morgan fingerprint density at radius 3 is 2.45 bits per heavy atom. The zero-order valence-electron chi connectivity index (χ0n) is 11.4. The second-order valence-electron chi connectivity index (χ2n) is 4.52. The summed E-state index contributed by atoms with van der Waals surface area (Å²) < 4.78 is 23.8. The van der Waals surface area contributed by atoms with Gasteiger partial charge in [-0.05, 0) is 42.8 Å². The van der Waals surface area contributed by atoms with E-state index in [1.807, 2.05) is 25.1 Å². The number of pyridine rings is 1. The first kappa shape index (κ1) is 14.5. The number of nitrogens with one attached hydrogen (secondary N) is 1. The number of anilines is 1. The van der Waals surface area contributed by atoms with Gasteiger partial charge < -0.3 is 5.32 Å². The second kappa shape index (κ2) is 6.52. The van der Waals surface area contributed by atoms with Crippen molar-refractivity contribution in [3.63, 3.8) is 0 Å². The first-order valence-corrected chi connectivity index (χ1v) is 8.23. The van der Waals surface area contributed by atoms with Gasteiger partial charge in [0.1, 0.15) is 0 Å². The van der Waals surface area contributed by atoms with Crippen LogP contribution in [0.5, 0.6) is 0 Å². The molecule has 5 heteroatoms. The number of hydrogen-bond donors (Lipinski definition) is 1. The minimum Gasteiger partial charge on any atom is -0.379 e. The molecule has 2 aromatic rings. The van der Waals surface area contributed by atoms with E-state index in [4.69, 9.17) is 0 Å². The van der Waals surface area contributed by atoms with Crippen molar-refractivity contribution >= 4 is 15.5 Å². The van der Waals surface area contributed by atoms with Crippen LogP contribution in [0.4, 0.5) is 5.69 Å². The van der Waals surface area contributed by atoms with E-state index < -0.39 is 9.84 Å². The molecule has 0 unspecified atom stereocenters. The van der Waals surface area contributed by atoms with Crippen molar-refractivity contribution in [2.24, 2.45) is 0 Å². The molecule has 106 valence electrons. The summed E-state index contributed by atoms with van der Waals surface area (Å²) in [5.41, 5.74) is 1.82. The highest BCUT2D eigenvalue weighted by molar-refractivity contribution is 7.91. The van der Waals surface area contributed by atoms with E-state index in [0.29, 0.717) is 17.9 Å². The van der Waals surface area contributed by atoms with Gasteiger partial charge in [0, 0.05) is 11.9 Å². The van der Waals surface area contributed by atoms with Crippen LogP contribution < -0.4 is 5.32 Å². The smallest absolute Gasteiger partial charge is 0.178 e. The third-order valence-corrected chi connectivity index (χ3v) is 4.82. The van der Waals surface area contributed by atoms with Crippen LogP contribution in [0.2, 0.25) is 0 Å². The van der Waals surface area contributed by atoms with Gasteiger partial charge in [-0.2, -0.15) is 0 Å². The molecule has 0 fully saturated rings. The summed E-state index contributed by atoms with van der Waals surface area (Å²) in [5, 5.41) is 3.21. The molecule has 1 N–H and O–H groups in total. The molecule has 0 saturated carbocycles. The lowest BCUT2D eigenvalue weighted by Gasteiger charge is -2.07. The highest BCUT2D eigenvalue weighted by Gasteiger charge is 2.12. The molecule has 0 amide bonds. The second-order valence-corrected chi connectivity index (χ2v) is 6.63. The standard InChI is InChI=1S/C15H18N2O2S/c1-2-11-20(18,19)15-8-6-13(7-9-15)17-12-14-5-3-4-10-16-14/h3-10,17H,2,11-12H2,1H3. The van der Waals surface area contributed by atoms with Crippen molar-refractivity contribution in [1.29, 1.82) is 0 Å². The lowest BCUT2D eigenvalue weighted by atomic mass is 10.3. The van der Waals surface area contributed by atoms with Crippen molar-refractivity contribution in [2.45, 2.75) is 24.8 Å². The van der Waals surface area contributed by atoms with Gasteiger partial charge in [0.25, 0.3) is 0 Å². The highest BCUT2D eigenvalue weighted by atomic mass is 32.2. The fraction of sp³-hybridized carbons (Fsp3) is 0.267. The molecular weight excluding hydrogens is 272 g/mol. The van der Waals surface area contributed by atoms with E-state index in [9.17, 15) is 8.42 Å². The normalized spacial score (nSPS) is 11.2. The maximum absolute atomic E-state index is 11.9. The number of nitrogens with zero attached hydrogens (tertiary/aromatic N) is 1. The Morgan fingerprint density at radius 1 is 1.10 bits per heavy atom. The van der Waals surface area contributed by atoms with E-state index in [1.165, 1.54) is 0 Å². The fourth-order valence-corrected chi connectivity index (χ4v) is 3.19. The van der Waals surface area contributed by atoms with E-state index in [0.717, 1.165) is 11.4 Å². The number of benzene rings is 1. The molecule has 1 aromatic carbocycles. The quantitative estimate of drug-likeness (QED) is 0.888. The summed E-state index contributed by atoms with van der Waals surface area (Å²) >= 11 is 0. The molecule has 2 rings (SSSR count). The zero-order valence-corrected chi connectivity index (χ0v) is 12.2. The van der Waals surface area contributed by atoms with Crippen LogP contribution in [-0.2, 0) is 16.4 Å². The molecule has 0 radical (unpaired) electrons. The average Bonchev–Trinajstić information content (AvgIpc) is 2.47. The minimum atomic E-state index is -3.13. The van der Waals surface area contributed by atoms with E-state index in [-0.39, 0.29) is 5.75 Å². The summed E-state index contributed by atoms with van der Waals surface area (Å²) in [5.74, 6) is 0.188. The molecule has 0 atom stereocenters.